The van der Waals surface area contributed by atoms with E-state index in [0.29, 0.717) is 25.2 Å². The maximum absolute atomic E-state index is 13.1. The van der Waals surface area contributed by atoms with E-state index in [2.05, 4.69) is 15.6 Å². The number of ether oxygens (including phenoxy) is 1. The average Bonchev–Trinajstić information content (AvgIpc) is 3.55. The number of carbonyl (C=O) groups excluding carboxylic acids is 5. The molecule has 0 unspecified atom stereocenters. The van der Waals surface area contributed by atoms with Crippen LogP contribution in [0.5, 0.6) is 0 Å². The highest BCUT2D eigenvalue weighted by Gasteiger charge is 2.43. The number of imide groups is 1. The van der Waals surface area contributed by atoms with Crippen molar-refractivity contribution < 1.29 is 28.7 Å². The minimum atomic E-state index is -1.08. The molecule has 1 aromatic heterocycles. The third-order valence-corrected chi connectivity index (χ3v) is 6.40. The summed E-state index contributed by atoms with van der Waals surface area (Å²) in [6.45, 7) is 1.85. The van der Waals surface area contributed by atoms with Gasteiger partial charge < -0.3 is 20.3 Å². The van der Waals surface area contributed by atoms with Gasteiger partial charge in [0.25, 0.3) is 0 Å². The predicted molar refractivity (Wildman–Crippen MR) is 132 cm³/mol. The lowest BCUT2D eigenvalue weighted by molar-refractivity contribution is -0.140. The zero-order valence-electron chi connectivity index (χ0n) is 20.5. The third kappa shape index (κ3) is 6.11. The second-order valence-electron chi connectivity index (χ2n) is 8.98. The van der Waals surface area contributed by atoms with Crippen molar-refractivity contribution in [1.29, 1.82) is 0 Å². The molecular weight excluding hydrogens is 478 g/mol. The first-order valence-electron chi connectivity index (χ1n) is 12.2. The van der Waals surface area contributed by atoms with Gasteiger partial charge in [-0.3, -0.25) is 19.2 Å². The smallest absolute Gasteiger partial charge is 0.417 e. The first kappa shape index (κ1) is 25.8. The molecule has 2 aromatic rings. The summed E-state index contributed by atoms with van der Waals surface area (Å²) in [5.74, 6) is -1.52. The SMILES string of the molecule is C[C@H](NC(=O)[C@@H]1CCC(=O)N1C(=O)OCc1ccccc1)C(=O)N1CCC[C@H]1C(=O)Nc1ccccn1. The number of anilines is 1. The highest BCUT2D eigenvalue weighted by Crippen LogP contribution is 2.22. The Balaban J connectivity index is 1.34. The summed E-state index contributed by atoms with van der Waals surface area (Å²) in [4.78, 5) is 70.2. The van der Waals surface area contributed by atoms with Crippen LogP contribution in [-0.2, 0) is 30.5 Å². The summed E-state index contributed by atoms with van der Waals surface area (Å²) in [6.07, 6.45) is 1.93. The summed E-state index contributed by atoms with van der Waals surface area (Å²) in [7, 11) is 0. The van der Waals surface area contributed by atoms with Crippen LogP contribution in [0.25, 0.3) is 0 Å². The van der Waals surface area contributed by atoms with Gasteiger partial charge in [0.2, 0.25) is 23.6 Å². The number of rotatable bonds is 7. The van der Waals surface area contributed by atoms with Crippen LogP contribution in [0.3, 0.4) is 0 Å². The van der Waals surface area contributed by atoms with Gasteiger partial charge in [0.15, 0.2) is 0 Å². The Bertz CT molecular complexity index is 1160. The Morgan fingerprint density at radius 1 is 1.03 bits per heavy atom. The van der Waals surface area contributed by atoms with Crippen molar-refractivity contribution in [1.82, 2.24) is 20.1 Å². The molecule has 0 spiro atoms. The van der Waals surface area contributed by atoms with E-state index in [9.17, 15) is 24.0 Å². The van der Waals surface area contributed by atoms with E-state index in [4.69, 9.17) is 4.74 Å². The minimum absolute atomic E-state index is 0.0166. The molecule has 3 heterocycles. The summed E-state index contributed by atoms with van der Waals surface area (Å²) in [6, 6.07) is 11.4. The summed E-state index contributed by atoms with van der Waals surface area (Å²) in [5.41, 5.74) is 0.745. The number of nitrogens with one attached hydrogen (secondary N) is 2. The zero-order valence-corrected chi connectivity index (χ0v) is 20.5. The molecule has 2 saturated heterocycles. The molecule has 2 fully saturated rings. The van der Waals surface area contributed by atoms with E-state index >= 15 is 0 Å². The minimum Gasteiger partial charge on any atom is -0.444 e. The van der Waals surface area contributed by atoms with Gasteiger partial charge in [0.1, 0.15) is 30.6 Å². The van der Waals surface area contributed by atoms with Crippen LogP contribution in [0.2, 0.25) is 0 Å². The second-order valence-corrected chi connectivity index (χ2v) is 8.98. The van der Waals surface area contributed by atoms with E-state index in [0.717, 1.165) is 10.5 Å². The second kappa shape index (κ2) is 11.6. The molecule has 2 aliphatic heterocycles. The number of amides is 5. The van der Waals surface area contributed by atoms with Crippen LogP contribution in [-0.4, -0.2) is 69.2 Å². The van der Waals surface area contributed by atoms with Crippen molar-refractivity contribution >= 4 is 35.5 Å². The number of carbonyl (C=O) groups is 5. The molecule has 4 rings (SSSR count). The standard InChI is InChI=1S/C26H29N5O6/c1-17(25(35)30-15-7-10-19(30)23(33)29-21-11-5-6-14-27-21)28-24(34)20-12-13-22(32)31(20)26(36)37-16-18-8-3-2-4-9-18/h2-6,8-9,11,14,17,19-20H,7,10,12-13,15-16H2,1H3,(H,28,34)(H,27,29,33)/t17-,19-,20-/m0/s1. The Morgan fingerprint density at radius 3 is 2.51 bits per heavy atom. The molecular formula is C26H29N5O6. The number of hydrogen-bond donors (Lipinski definition) is 2. The first-order chi connectivity index (χ1) is 17.8. The van der Waals surface area contributed by atoms with Crippen molar-refractivity contribution in [3.8, 4) is 0 Å². The maximum Gasteiger partial charge on any atom is 0.417 e. The molecule has 37 heavy (non-hydrogen) atoms. The van der Waals surface area contributed by atoms with Crippen molar-refractivity contribution in [2.75, 3.05) is 11.9 Å². The van der Waals surface area contributed by atoms with E-state index in [1.165, 1.54) is 11.8 Å². The molecule has 2 N–H and O–H groups in total. The average molecular weight is 508 g/mol. The molecule has 0 bridgehead atoms. The first-order valence-corrected chi connectivity index (χ1v) is 12.2. The van der Waals surface area contributed by atoms with E-state index in [1.54, 1.807) is 48.7 Å². The number of pyridine rings is 1. The van der Waals surface area contributed by atoms with Crippen LogP contribution in [0.4, 0.5) is 10.6 Å². The molecule has 11 nitrogen and oxygen atoms in total. The van der Waals surface area contributed by atoms with Crippen LogP contribution in [0.15, 0.2) is 54.7 Å². The highest BCUT2D eigenvalue weighted by molar-refractivity contribution is 6.02. The number of hydrogen-bond acceptors (Lipinski definition) is 7. The Morgan fingerprint density at radius 2 is 1.78 bits per heavy atom. The summed E-state index contributed by atoms with van der Waals surface area (Å²) < 4.78 is 5.25. The Kier molecular flexibility index (Phi) is 8.11. The summed E-state index contributed by atoms with van der Waals surface area (Å²) >= 11 is 0. The molecule has 0 radical (unpaired) electrons. The van der Waals surface area contributed by atoms with Crippen LogP contribution in [0.1, 0.15) is 38.2 Å². The normalized spacial score (nSPS) is 19.9. The molecule has 194 valence electrons. The van der Waals surface area contributed by atoms with E-state index in [1.807, 2.05) is 6.07 Å². The lowest BCUT2D eigenvalue weighted by atomic mass is 10.1. The zero-order chi connectivity index (χ0) is 26.4. The van der Waals surface area contributed by atoms with Crippen molar-refractivity contribution in [2.24, 2.45) is 0 Å². The molecule has 5 amide bonds. The Hall–Kier alpha value is -4.28. The molecule has 0 aliphatic carbocycles. The number of likely N-dealkylation sites (tertiary alicyclic amines) is 2. The molecule has 11 heteroatoms. The number of aromatic nitrogens is 1. The monoisotopic (exact) mass is 507 g/mol. The Labute approximate surface area is 214 Å². The molecule has 2 aliphatic rings. The van der Waals surface area contributed by atoms with Gasteiger partial charge in [-0.05, 0) is 43.9 Å². The van der Waals surface area contributed by atoms with Gasteiger partial charge >= 0.3 is 6.09 Å². The fourth-order valence-electron chi connectivity index (χ4n) is 4.52. The van der Waals surface area contributed by atoms with Gasteiger partial charge in [-0.2, -0.15) is 0 Å². The highest BCUT2D eigenvalue weighted by atomic mass is 16.6. The van der Waals surface area contributed by atoms with Gasteiger partial charge in [0.05, 0.1) is 0 Å². The van der Waals surface area contributed by atoms with E-state index in [-0.39, 0.29) is 25.4 Å². The third-order valence-electron chi connectivity index (χ3n) is 6.40. The largest absolute Gasteiger partial charge is 0.444 e. The number of benzene rings is 1. The maximum atomic E-state index is 13.1. The molecule has 1 aromatic carbocycles. The van der Waals surface area contributed by atoms with Gasteiger partial charge in [-0.15, -0.1) is 0 Å². The fourth-order valence-corrected chi connectivity index (χ4v) is 4.52. The molecule has 3 atom stereocenters. The lowest BCUT2D eigenvalue weighted by Gasteiger charge is -2.28. The van der Waals surface area contributed by atoms with Crippen molar-refractivity contribution in [3.05, 3.63) is 60.3 Å². The van der Waals surface area contributed by atoms with Gasteiger partial charge in [-0.1, -0.05) is 36.4 Å². The lowest BCUT2D eigenvalue weighted by Crippen LogP contribution is -2.55. The van der Waals surface area contributed by atoms with E-state index < -0.39 is 41.9 Å². The summed E-state index contributed by atoms with van der Waals surface area (Å²) in [5, 5.41) is 5.32. The van der Waals surface area contributed by atoms with Crippen molar-refractivity contribution in [3.63, 3.8) is 0 Å². The van der Waals surface area contributed by atoms with Crippen molar-refractivity contribution in [2.45, 2.75) is 57.3 Å². The van der Waals surface area contributed by atoms with Gasteiger partial charge in [0, 0.05) is 19.2 Å². The molecule has 0 saturated carbocycles. The fraction of sp³-hybridized carbons (Fsp3) is 0.385. The quantitative estimate of drug-likeness (QED) is 0.583. The van der Waals surface area contributed by atoms with Crippen LogP contribution in [0, 0.1) is 0 Å². The van der Waals surface area contributed by atoms with Crippen LogP contribution >= 0.6 is 0 Å². The van der Waals surface area contributed by atoms with Gasteiger partial charge in [-0.25, -0.2) is 14.7 Å². The number of nitrogens with zero attached hydrogens (tertiary/aromatic N) is 3. The topological polar surface area (TPSA) is 138 Å². The van der Waals surface area contributed by atoms with Crippen LogP contribution < -0.4 is 10.6 Å². The predicted octanol–water partition coefficient (Wildman–Crippen LogP) is 1.84.